The summed E-state index contributed by atoms with van der Waals surface area (Å²) in [5, 5.41) is 4.87. The van der Waals surface area contributed by atoms with Crippen molar-refractivity contribution in [3.8, 4) is 11.3 Å². The molecule has 0 spiro atoms. The third-order valence-electron chi connectivity index (χ3n) is 7.33. The van der Waals surface area contributed by atoms with Gasteiger partial charge in [-0.1, -0.05) is 34.6 Å². The van der Waals surface area contributed by atoms with E-state index >= 15 is 0 Å². The topological polar surface area (TPSA) is 63.0 Å². The number of pyridine rings is 1. The quantitative estimate of drug-likeness (QED) is 0.447. The first kappa shape index (κ1) is 24.6. The van der Waals surface area contributed by atoms with Gasteiger partial charge >= 0.3 is 0 Å². The molecule has 1 aliphatic rings. The number of rotatable bonds is 8. The predicted octanol–water partition coefficient (Wildman–Crippen LogP) is 5.38. The average molecular weight is 464 g/mol. The summed E-state index contributed by atoms with van der Waals surface area (Å²) in [4.78, 5) is 20.3. The Bertz CT molecular complexity index is 1140. The average Bonchev–Trinajstić information content (AvgIpc) is 3.44. The van der Waals surface area contributed by atoms with Crippen molar-refractivity contribution in [2.45, 2.75) is 85.2 Å². The number of likely N-dealkylation sites (N-methyl/N-ethyl adjacent to an activating group) is 1. The fraction of sp³-hybridized carbons (Fsp3) is 0.630. The number of anilines is 1. The van der Waals surface area contributed by atoms with Crippen LogP contribution in [0.4, 0.5) is 5.82 Å². The maximum atomic E-state index is 5.23. The molecule has 0 radical (unpaired) electrons. The molecule has 34 heavy (non-hydrogen) atoms. The monoisotopic (exact) mass is 463 g/mol. The normalized spacial score (nSPS) is 16.7. The van der Waals surface area contributed by atoms with Crippen LogP contribution in [0.15, 0.2) is 12.1 Å². The van der Waals surface area contributed by atoms with Gasteiger partial charge in [0, 0.05) is 30.4 Å². The number of aromatic nitrogens is 5. The molecule has 1 saturated heterocycles. The number of aryl methyl sites for hydroxylation is 2. The molecule has 1 fully saturated rings. The first-order valence-electron chi connectivity index (χ1n) is 13.0. The minimum Gasteiger partial charge on any atom is -0.354 e. The van der Waals surface area contributed by atoms with Gasteiger partial charge in [-0.05, 0) is 64.8 Å². The van der Waals surface area contributed by atoms with E-state index in [1.54, 1.807) is 0 Å². The van der Waals surface area contributed by atoms with E-state index in [1.165, 1.54) is 0 Å². The zero-order valence-corrected chi connectivity index (χ0v) is 22.3. The maximum absolute atomic E-state index is 5.23. The second-order valence-electron chi connectivity index (χ2n) is 10.2. The van der Waals surface area contributed by atoms with Crippen LogP contribution in [0.25, 0.3) is 22.4 Å². The van der Waals surface area contributed by atoms with E-state index in [-0.39, 0.29) is 0 Å². The molecule has 0 N–H and O–H groups in total. The van der Waals surface area contributed by atoms with Crippen LogP contribution in [0.5, 0.6) is 0 Å². The fourth-order valence-corrected chi connectivity index (χ4v) is 5.04. The van der Waals surface area contributed by atoms with Crippen molar-refractivity contribution in [3.05, 3.63) is 29.2 Å². The zero-order chi connectivity index (χ0) is 24.6. The molecule has 1 unspecified atom stereocenters. The van der Waals surface area contributed by atoms with Gasteiger partial charge in [-0.15, -0.1) is 0 Å². The summed E-state index contributed by atoms with van der Waals surface area (Å²) in [6, 6.07) is 5.26. The fourth-order valence-electron chi connectivity index (χ4n) is 5.04. The van der Waals surface area contributed by atoms with Crippen molar-refractivity contribution in [1.29, 1.82) is 0 Å². The van der Waals surface area contributed by atoms with Crippen molar-refractivity contribution in [2.75, 3.05) is 32.1 Å². The van der Waals surface area contributed by atoms with Crippen LogP contribution in [0.2, 0.25) is 0 Å². The summed E-state index contributed by atoms with van der Waals surface area (Å²) in [6.45, 7) is 15.0. The van der Waals surface area contributed by atoms with Crippen molar-refractivity contribution in [2.24, 2.45) is 0 Å². The van der Waals surface area contributed by atoms with Crippen LogP contribution in [0, 0.1) is 6.92 Å². The summed E-state index contributed by atoms with van der Waals surface area (Å²) in [7, 11) is 4.34. The molecular weight excluding hydrogens is 422 g/mol. The number of hydrogen-bond donors (Lipinski definition) is 0. The van der Waals surface area contributed by atoms with Gasteiger partial charge in [0.25, 0.3) is 0 Å². The second kappa shape index (κ2) is 9.98. The van der Waals surface area contributed by atoms with Gasteiger partial charge < -0.3 is 9.80 Å². The highest BCUT2D eigenvalue weighted by molar-refractivity contribution is 5.82. The van der Waals surface area contributed by atoms with E-state index in [4.69, 9.17) is 20.1 Å². The van der Waals surface area contributed by atoms with Crippen LogP contribution < -0.4 is 4.90 Å². The van der Waals surface area contributed by atoms with Crippen LogP contribution in [0.3, 0.4) is 0 Å². The third-order valence-corrected chi connectivity index (χ3v) is 7.33. The molecule has 7 heteroatoms. The van der Waals surface area contributed by atoms with Crippen LogP contribution >= 0.6 is 0 Å². The van der Waals surface area contributed by atoms with Gasteiger partial charge in [-0.3, -0.25) is 0 Å². The van der Waals surface area contributed by atoms with Gasteiger partial charge in [-0.25, -0.2) is 19.6 Å². The first-order chi connectivity index (χ1) is 16.3. The summed E-state index contributed by atoms with van der Waals surface area (Å²) >= 11 is 0. The molecule has 3 aromatic heterocycles. The minimum absolute atomic E-state index is 0.344. The Hall–Kier alpha value is -2.54. The Labute approximate surface area is 204 Å². The van der Waals surface area contributed by atoms with Crippen molar-refractivity contribution in [1.82, 2.24) is 29.6 Å². The third kappa shape index (κ3) is 4.42. The van der Waals surface area contributed by atoms with Gasteiger partial charge in [0.2, 0.25) is 0 Å². The molecular formula is C27H41N7. The van der Waals surface area contributed by atoms with Crippen LogP contribution in [0.1, 0.15) is 82.9 Å². The van der Waals surface area contributed by atoms with E-state index in [0.29, 0.717) is 18.0 Å². The lowest BCUT2D eigenvalue weighted by molar-refractivity contribution is 0.315. The Morgan fingerprint density at radius 1 is 1.06 bits per heavy atom. The van der Waals surface area contributed by atoms with Gasteiger partial charge in [0.15, 0.2) is 5.65 Å². The van der Waals surface area contributed by atoms with Crippen molar-refractivity contribution in [3.63, 3.8) is 0 Å². The zero-order valence-electron chi connectivity index (χ0n) is 22.3. The molecule has 0 bridgehead atoms. The van der Waals surface area contributed by atoms with E-state index in [9.17, 15) is 0 Å². The molecule has 3 aromatic rings. The molecule has 4 heterocycles. The number of fused-ring (bicyclic) bond motifs is 1. The molecule has 184 valence electrons. The molecule has 7 nitrogen and oxygen atoms in total. The van der Waals surface area contributed by atoms with Crippen LogP contribution in [-0.4, -0.2) is 62.9 Å². The van der Waals surface area contributed by atoms with E-state index < -0.39 is 0 Å². The second-order valence-corrected chi connectivity index (χ2v) is 10.2. The molecule has 0 saturated carbocycles. The molecule has 0 aliphatic carbocycles. The lowest BCUT2D eigenvalue weighted by atomic mass is 10.0. The van der Waals surface area contributed by atoms with E-state index in [0.717, 1.165) is 84.1 Å². The van der Waals surface area contributed by atoms with Crippen molar-refractivity contribution >= 4 is 17.0 Å². The Kier molecular flexibility index (Phi) is 7.22. The lowest BCUT2D eigenvalue weighted by Gasteiger charge is -2.24. The predicted molar refractivity (Wildman–Crippen MR) is 141 cm³/mol. The SMILES string of the molecule is CCc1nc2c(nc1-c1ccc(C(C)C)nc1N1CCC(N(C)C)C1)c(C)nn2C(CC)CC. The minimum atomic E-state index is 0.344. The Morgan fingerprint density at radius 3 is 2.38 bits per heavy atom. The summed E-state index contributed by atoms with van der Waals surface area (Å²) in [5.41, 5.74) is 6.94. The van der Waals surface area contributed by atoms with Gasteiger partial charge in [0.1, 0.15) is 11.3 Å². The van der Waals surface area contributed by atoms with Gasteiger partial charge in [-0.2, -0.15) is 5.10 Å². The highest BCUT2D eigenvalue weighted by Crippen LogP contribution is 2.35. The summed E-state index contributed by atoms with van der Waals surface area (Å²) in [5.74, 6) is 1.42. The standard InChI is InChI=1S/C27H41N7/c1-9-19(10-2)34-27-24(18(6)31-34)30-25(22(11-3)28-27)21-12-13-23(17(4)5)29-26(21)33-15-14-20(16-33)32(7)8/h12-13,17,19-20H,9-11,14-16H2,1-8H3. The van der Waals surface area contributed by atoms with Gasteiger partial charge in [0.05, 0.1) is 23.1 Å². The lowest BCUT2D eigenvalue weighted by Crippen LogP contribution is -2.32. The molecule has 1 aliphatic heterocycles. The van der Waals surface area contributed by atoms with E-state index in [1.807, 2.05) is 0 Å². The Balaban J connectivity index is 1.89. The molecule has 4 rings (SSSR count). The summed E-state index contributed by atoms with van der Waals surface area (Å²) < 4.78 is 2.10. The number of nitrogens with zero attached hydrogens (tertiary/aromatic N) is 7. The smallest absolute Gasteiger partial charge is 0.177 e. The molecule has 0 amide bonds. The number of hydrogen-bond acceptors (Lipinski definition) is 6. The van der Waals surface area contributed by atoms with E-state index in [2.05, 4.69) is 82.3 Å². The molecule has 1 atom stereocenters. The van der Waals surface area contributed by atoms with Crippen molar-refractivity contribution < 1.29 is 0 Å². The highest BCUT2D eigenvalue weighted by Gasteiger charge is 2.29. The summed E-state index contributed by atoms with van der Waals surface area (Å²) in [6.07, 6.45) is 4.03. The largest absolute Gasteiger partial charge is 0.354 e. The van der Waals surface area contributed by atoms with Crippen LogP contribution in [-0.2, 0) is 6.42 Å². The maximum Gasteiger partial charge on any atom is 0.177 e. The Morgan fingerprint density at radius 2 is 1.79 bits per heavy atom. The molecule has 0 aromatic carbocycles. The highest BCUT2D eigenvalue weighted by atomic mass is 15.3. The first-order valence-corrected chi connectivity index (χ1v) is 13.0.